The van der Waals surface area contributed by atoms with E-state index >= 15 is 0 Å². The molecule has 1 aromatic carbocycles. The molecule has 1 aromatic heterocycles. The number of hydrogen-bond acceptors (Lipinski definition) is 3. The molecule has 2 N–H and O–H groups in total. The number of aromatic amines is 1. The molecule has 1 aliphatic rings. The van der Waals surface area contributed by atoms with Crippen LogP contribution in [-0.4, -0.2) is 23.1 Å². The van der Waals surface area contributed by atoms with Crippen LogP contribution in [0, 0.1) is 13.8 Å². The van der Waals surface area contributed by atoms with E-state index in [1.165, 1.54) is 42.9 Å². The van der Waals surface area contributed by atoms with E-state index in [1.54, 1.807) is 0 Å². The maximum Gasteiger partial charge on any atom is 0.103 e. The Morgan fingerprint density at radius 1 is 1.25 bits per heavy atom. The Morgan fingerprint density at radius 3 is 2.70 bits per heavy atom. The Labute approximate surface area is 120 Å². The average Bonchev–Trinajstić information content (AvgIpc) is 3.08. The minimum absolute atomic E-state index is 0.782. The van der Waals surface area contributed by atoms with Gasteiger partial charge >= 0.3 is 0 Å². The van der Waals surface area contributed by atoms with Crippen LogP contribution in [0.15, 0.2) is 24.4 Å². The van der Waals surface area contributed by atoms with Crippen LogP contribution >= 0.6 is 0 Å². The van der Waals surface area contributed by atoms with E-state index in [0.29, 0.717) is 0 Å². The van der Waals surface area contributed by atoms with E-state index in [0.717, 1.165) is 18.1 Å². The number of imidazole rings is 1. The van der Waals surface area contributed by atoms with Gasteiger partial charge in [-0.2, -0.15) is 0 Å². The average molecular weight is 270 g/mol. The van der Waals surface area contributed by atoms with Crippen LogP contribution in [0.5, 0.6) is 0 Å². The van der Waals surface area contributed by atoms with E-state index in [4.69, 9.17) is 0 Å². The van der Waals surface area contributed by atoms with Crippen molar-refractivity contribution in [1.29, 1.82) is 0 Å². The maximum absolute atomic E-state index is 4.22. The number of nitrogens with zero attached hydrogens (tertiary/aromatic N) is 2. The molecule has 4 heteroatoms. The molecule has 4 nitrogen and oxygen atoms in total. The molecule has 0 spiro atoms. The number of nitrogens with one attached hydrogen (secondary N) is 2. The van der Waals surface area contributed by atoms with E-state index in [1.807, 2.05) is 13.1 Å². The van der Waals surface area contributed by atoms with E-state index in [2.05, 4.69) is 45.3 Å². The van der Waals surface area contributed by atoms with Gasteiger partial charge in [0.05, 0.1) is 18.4 Å². The first-order valence-corrected chi connectivity index (χ1v) is 7.32. The number of aromatic nitrogens is 2. The van der Waals surface area contributed by atoms with E-state index < -0.39 is 0 Å². The van der Waals surface area contributed by atoms with Crippen molar-refractivity contribution in [2.75, 3.05) is 23.3 Å². The van der Waals surface area contributed by atoms with Crippen molar-refractivity contribution in [3.8, 4) is 0 Å². The first-order chi connectivity index (χ1) is 9.72. The second-order valence-corrected chi connectivity index (χ2v) is 5.54. The van der Waals surface area contributed by atoms with Crippen molar-refractivity contribution in [3.05, 3.63) is 41.5 Å². The molecule has 0 aliphatic carbocycles. The van der Waals surface area contributed by atoms with Crippen molar-refractivity contribution in [1.82, 2.24) is 9.97 Å². The molecule has 1 aliphatic heterocycles. The van der Waals surface area contributed by atoms with Gasteiger partial charge in [-0.05, 0) is 50.5 Å². The second kappa shape index (κ2) is 5.57. The molecule has 1 saturated heterocycles. The van der Waals surface area contributed by atoms with Crippen LogP contribution < -0.4 is 10.2 Å². The molecule has 0 bridgehead atoms. The molecule has 0 amide bonds. The summed E-state index contributed by atoms with van der Waals surface area (Å²) in [4.78, 5) is 9.92. The Kier molecular flexibility index (Phi) is 3.63. The smallest absolute Gasteiger partial charge is 0.103 e. The summed E-state index contributed by atoms with van der Waals surface area (Å²) < 4.78 is 0. The minimum atomic E-state index is 0.782. The summed E-state index contributed by atoms with van der Waals surface area (Å²) >= 11 is 0. The zero-order chi connectivity index (χ0) is 13.9. The standard InChI is InChI=1S/C16H22N4/c1-12-9-15(20-7-3-4-8-20)5-6-16(12)18-11-14-10-17-13(2)19-14/h5-6,9-10,18H,3-4,7-8,11H2,1-2H3,(H,17,19). The molecule has 2 heterocycles. The Balaban J connectivity index is 1.67. The number of H-pyrrole nitrogens is 1. The third-order valence-corrected chi connectivity index (χ3v) is 3.91. The highest BCUT2D eigenvalue weighted by Crippen LogP contribution is 2.25. The largest absolute Gasteiger partial charge is 0.379 e. The summed E-state index contributed by atoms with van der Waals surface area (Å²) in [7, 11) is 0. The Bertz CT molecular complexity index is 582. The summed E-state index contributed by atoms with van der Waals surface area (Å²) in [6.45, 7) is 7.31. The highest BCUT2D eigenvalue weighted by Gasteiger charge is 2.12. The molecule has 20 heavy (non-hydrogen) atoms. The van der Waals surface area contributed by atoms with Crippen molar-refractivity contribution in [2.24, 2.45) is 0 Å². The molecule has 0 saturated carbocycles. The first kappa shape index (κ1) is 13.0. The molecule has 2 aromatic rings. The predicted octanol–water partition coefficient (Wildman–Crippen LogP) is 3.24. The summed E-state index contributed by atoms with van der Waals surface area (Å²) in [5.41, 5.74) is 4.96. The molecule has 106 valence electrons. The lowest BCUT2D eigenvalue weighted by atomic mass is 10.1. The quantitative estimate of drug-likeness (QED) is 0.896. The van der Waals surface area contributed by atoms with Gasteiger partial charge in [0.25, 0.3) is 0 Å². The number of anilines is 2. The fourth-order valence-electron chi connectivity index (χ4n) is 2.77. The van der Waals surface area contributed by atoms with Crippen molar-refractivity contribution in [2.45, 2.75) is 33.2 Å². The molecule has 1 fully saturated rings. The van der Waals surface area contributed by atoms with Crippen molar-refractivity contribution < 1.29 is 0 Å². The number of hydrogen-bond donors (Lipinski definition) is 2. The molecule has 0 radical (unpaired) electrons. The van der Waals surface area contributed by atoms with Gasteiger partial charge in [0.15, 0.2) is 0 Å². The van der Waals surface area contributed by atoms with Gasteiger partial charge in [0.1, 0.15) is 5.82 Å². The summed E-state index contributed by atoms with van der Waals surface area (Å²) in [5.74, 6) is 0.961. The Morgan fingerprint density at radius 2 is 2.05 bits per heavy atom. The number of rotatable bonds is 4. The first-order valence-electron chi connectivity index (χ1n) is 7.32. The summed E-state index contributed by atoms with van der Waals surface area (Å²) in [5, 5.41) is 3.47. The van der Waals surface area contributed by atoms with Gasteiger partial charge in [0.2, 0.25) is 0 Å². The van der Waals surface area contributed by atoms with Gasteiger partial charge in [0, 0.05) is 24.5 Å². The second-order valence-electron chi connectivity index (χ2n) is 5.54. The zero-order valence-electron chi connectivity index (χ0n) is 12.2. The molecular formula is C16H22N4. The molecule has 0 unspecified atom stereocenters. The molecule has 3 rings (SSSR count). The summed E-state index contributed by atoms with van der Waals surface area (Å²) in [6.07, 6.45) is 4.52. The van der Waals surface area contributed by atoms with Crippen LogP contribution in [0.25, 0.3) is 0 Å². The van der Waals surface area contributed by atoms with Crippen LogP contribution in [0.1, 0.15) is 29.9 Å². The minimum Gasteiger partial charge on any atom is -0.379 e. The lowest BCUT2D eigenvalue weighted by Crippen LogP contribution is -2.17. The van der Waals surface area contributed by atoms with E-state index in [-0.39, 0.29) is 0 Å². The SMILES string of the molecule is Cc1ncc(CNc2ccc(N3CCCC3)cc2C)[nH]1. The summed E-state index contributed by atoms with van der Waals surface area (Å²) in [6, 6.07) is 6.69. The normalized spacial score (nSPS) is 14.8. The van der Waals surface area contributed by atoms with Gasteiger partial charge < -0.3 is 15.2 Å². The third kappa shape index (κ3) is 2.79. The van der Waals surface area contributed by atoms with Gasteiger partial charge in [-0.15, -0.1) is 0 Å². The van der Waals surface area contributed by atoms with E-state index in [9.17, 15) is 0 Å². The van der Waals surface area contributed by atoms with Gasteiger partial charge in [-0.3, -0.25) is 0 Å². The van der Waals surface area contributed by atoms with Gasteiger partial charge in [-0.1, -0.05) is 0 Å². The number of benzene rings is 1. The maximum atomic E-state index is 4.22. The van der Waals surface area contributed by atoms with Crippen molar-refractivity contribution >= 4 is 11.4 Å². The topological polar surface area (TPSA) is 44.0 Å². The lowest BCUT2D eigenvalue weighted by molar-refractivity contribution is 0.949. The lowest BCUT2D eigenvalue weighted by Gasteiger charge is -2.19. The monoisotopic (exact) mass is 270 g/mol. The van der Waals surface area contributed by atoms with Crippen LogP contribution in [-0.2, 0) is 6.54 Å². The van der Waals surface area contributed by atoms with Crippen LogP contribution in [0.2, 0.25) is 0 Å². The number of aryl methyl sites for hydroxylation is 2. The van der Waals surface area contributed by atoms with Crippen molar-refractivity contribution in [3.63, 3.8) is 0 Å². The fourth-order valence-corrected chi connectivity index (χ4v) is 2.77. The Hall–Kier alpha value is -1.97. The fraction of sp³-hybridized carbons (Fsp3) is 0.438. The predicted molar refractivity (Wildman–Crippen MR) is 83.3 cm³/mol. The van der Waals surface area contributed by atoms with Crippen LogP contribution in [0.4, 0.5) is 11.4 Å². The zero-order valence-corrected chi connectivity index (χ0v) is 12.2. The molecule has 0 atom stereocenters. The van der Waals surface area contributed by atoms with Gasteiger partial charge in [-0.25, -0.2) is 4.98 Å². The molecular weight excluding hydrogens is 248 g/mol. The highest BCUT2D eigenvalue weighted by molar-refractivity contribution is 5.60. The highest BCUT2D eigenvalue weighted by atomic mass is 15.1. The van der Waals surface area contributed by atoms with Crippen LogP contribution in [0.3, 0.4) is 0 Å². The third-order valence-electron chi connectivity index (χ3n) is 3.91.